The summed E-state index contributed by atoms with van der Waals surface area (Å²) in [6.45, 7) is 1.70. The molecule has 0 bridgehead atoms. The van der Waals surface area contributed by atoms with Gasteiger partial charge in [-0.3, -0.25) is 10.1 Å². The van der Waals surface area contributed by atoms with Gasteiger partial charge >= 0.3 is 6.03 Å². The number of hydrogen-bond acceptors (Lipinski definition) is 2. The number of urea groups is 1. The van der Waals surface area contributed by atoms with E-state index in [1.54, 1.807) is 6.92 Å². The Balaban J connectivity index is 1.94. The Morgan fingerprint density at radius 1 is 0.850 bits per heavy atom. The van der Waals surface area contributed by atoms with Crippen LogP contribution in [0, 0.1) is 0 Å². The van der Waals surface area contributed by atoms with Crippen LogP contribution in [0.4, 0.5) is 4.79 Å². The van der Waals surface area contributed by atoms with E-state index in [0.717, 1.165) is 16.7 Å². The van der Waals surface area contributed by atoms with Gasteiger partial charge in [-0.1, -0.05) is 54.6 Å². The lowest BCUT2D eigenvalue weighted by atomic mass is 9.91. The molecule has 1 aliphatic heterocycles. The molecule has 1 saturated heterocycles. The highest BCUT2D eigenvalue weighted by molar-refractivity contribution is 6.07. The first-order valence-corrected chi connectivity index (χ1v) is 6.39. The molecule has 2 aromatic rings. The molecular formula is C16H14N2O2. The lowest BCUT2D eigenvalue weighted by Crippen LogP contribution is -2.40. The van der Waals surface area contributed by atoms with Gasteiger partial charge in [0.15, 0.2) is 0 Å². The number of amides is 3. The van der Waals surface area contributed by atoms with E-state index in [2.05, 4.69) is 10.6 Å². The Labute approximate surface area is 116 Å². The Hall–Kier alpha value is -2.62. The number of nitrogens with one attached hydrogen (secondary N) is 2. The summed E-state index contributed by atoms with van der Waals surface area (Å²) in [6.07, 6.45) is 0. The molecule has 0 spiro atoms. The van der Waals surface area contributed by atoms with E-state index in [4.69, 9.17) is 0 Å². The van der Waals surface area contributed by atoms with Gasteiger partial charge in [0.2, 0.25) is 0 Å². The van der Waals surface area contributed by atoms with E-state index in [1.165, 1.54) is 0 Å². The van der Waals surface area contributed by atoms with Crippen LogP contribution >= 0.6 is 0 Å². The number of hydrogen-bond donors (Lipinski definition) is 2. The van der Waals surface area contributed by atoms with Crippen LogP contribution in [-0.4, -0.2) is 11.9 Å². The topological polar surface area (TPSA) is 58.2 Å². The summed E-state index contributed by atoms with van der Waals surface area (Å²) < 4.78 is 0. The molecule has 1 fully saturated rings. The van der Waals surface area contributed by atoms with Gasteiger partial charge in [0.25, 0.3) is 5.91 Å². The zero-order chi connectivity index (χ0) is 14.2. The molecule has 0 aliphatic carbocycles. The van der Waals surface area contributed by atoms with E-state index >= 15 is 0 Å². The fourth-order valence-electron chi connectivity index (χ4n) is 2.37. The second-order valence-electron chi connectivity index (χ2n) is 4.98. The van der Waals surface area contributed by atoms with E-state index < -0.39 is 11.6 Å². The van der Waals surface area contributed by atoms with Crippen molar-refractivity contribution in [3.05, 3.63) is 60.2 Å². The van der Waals surface area contributed by atoms with Crippen LogP contribution in [0.15, 0.2) is 54.6 Å². The summed E-state index contributed by atoms with van der Waals surface area (Å²) in [5.41, 5.74) is 1.96. The largest absolute Gasteiger partial charge is 0.322 e. The molecule has 100 valence electrons. The molecule has 4 heteroatoms. The highest BCUT2D eigenvalue weighted by Gasteiger charge is 2.43. The Kier molecular flexibility index (Phi) is 2.79. The monoisotopic (exact) mass is 266 g/mol. The van der Waals surface area contributed by atoms with Crippen molar-refractivity contribution < 1.29 is 9.59 Å². The Morgan fingerprint density at radius 3 is 2.00 bits per heavy atom. The number of benzene rings is 2. The molecule has 1 heterocycles. The number of rotatable bonds is 2. The van der Waals surface area contributed by atoms with E-state index in [9.17, 15) is 9.59 Å². The Morgan fingerprint density at radius 2 is 1.45 bits per heavy atom. The third kappa shape index (κ3) is 1.95. The van der Waals surface area contributed by atoms with E-state index in [1.807, 2.05) is 54.6 Å². The van der Waals surface area contributed by atoms with Crippen molar-refractivity contribution in [2.45, 2.75) is 12.5 Å². The summed E-state index contributed by atoms with van der Waals surface area (Å²) in [6, 6.07) is 17.2. The molecule has 0 saturated carbocycles. The number of imide groups is 1. The van der Waals surface area contributed by atoms with Crippen LogP contribution in [0.1, 0.15) is 12.5 Å². The predicted molar refractivity (Wildman–Crippen MR) is 75.9 cm³/mol. The second-order valence-corrected chi connectivity index (χ2v) is 4.98. The van der Waals surface area contributed by atoms with Crippen molar-refractivity contribution >= 4 is 11.9 Å². The molecule has 3 amide bonds. The summed E-state index contributed by atoms with van der Waals surface area (Å²) in [5.74, 6) is -0.324. The SMILES string of the molecule is C[C@@]1(c2ccc(-c3ccccc3)cc2)NC(=O)NC1=O. The molecule has 3 rings (SSSR count). The standard InChI is InChI=1S/C16H14N2O2/c1-16(14(19)17-15(20)18-16)13-9-7-12(8-10-13)11-5-3-2-4-6-11/h2-10H,1H3,(H2,17,18,19,20)/t16-/m0/s1. The van der Waals surface area contributed by atoms with Crippen LogP contribution in [0.3, 0.4) is 0 Å². The van der Waals surface area contributed by atoms with Crippen LogP contribution in [0.5, 0.6) is 0 Å². The molecule has 1 atom stereocenters. The first-order valence-electron chi connectivity index (χ1n) is 6.39. The highest BCUT2D eigenvalue weighted by Crippen LogP contribution is 2.27. The summed E-state index contributed by atoms with van der Waals surface area (Å²) >= 11 is 0. The van der Waals surface area contributed by atoms with E-state index in [0.29, 0.717) is 0 Å². The van der Waals surface area contributed by atoms with Gasteiger partial charge < -0.3 is 5.32 Å². The number of carbonyl (C=O) groups excluding carboxylic acids is 2. The van der Waals surface area contributed by atoms with Gasteiger partial charge in [0.05, 0.1) is 0 Å². The van der Waals surface area contributed by atoms with Crippen molar-refractivity contribution in [3.63, 3.8) is 0 Å². The van der Waals surface area contributed by atoms with Crippen molar-refractivity contribution in [1.82, 2.24) is 10.6 Å². The normalized spacial score (nSPS) is 21.4. The maximum Gasteiger partial charge on any atom is 0.322 e. The maximum absolute atomic E-state index is 11.9. The first kappa shape index (κ1) is 12.4. The van der Waals surface area contributed by atoms with Gasteiger partial charge in [-0.15, -0.1) is 0 Å². The predicted octanol–water partition coefficient (Wildman–Crippen LogP) is 2.41. The average molecular weight is 266 g/mol. The summed E-state index contributed by atoms with van der Waals surface area (Å²) in [4.78, 5) is 23.2. The molecule has 0 aromatic heterocycles. The van der Waals surface area contributed by atoms with Gasteiger partial charge in [-0.25, -0.2) is 4.79 Å². The van der Waals surface area contributed by atoms with Crippen molar-refractivity contribution in [2.24, 2.45) is 0 Å². The van der Waals surface area contributed by atoms with Gasteiger partial charge in [0, 0.05) is 0 Å². The third-order valence-corrected chi connectivity index (χ3v) is 3.61. The molecule has 1 aliphatic rings. The molecule has 2 aromatic carbocycles. The van der Waals surface area contributed by atoms with Crippen LogP contribution in [0.25, 0.3) is 11.1 Å². The fraction of sp³-hybridized carbons (Fsp3) is 0.125. The van der Waals surface area contributed by atoms with Crippen molar-refractivity contribution in [1.29, 1.82) is 0 Å². The zero-order valence-electron chi connectivity index (χ0n) is 11.0. The molecule has 20 heavy (non-hydrogen) atoms. The van der Waals surface area contributed by atoms with Crippen molar-refractivity contribution in [3.8, 4) is 11.1 Å². The van der Waals surface area contributed by atoms with Gasteiger partial charge in [0.1, 0.15) is 5.54 Å². The molecule has 0 unspecified atom stereocenters. The minimum absolute atomic E-state index is 0.324. The summed E-state index contributed by atoms with van der Waals surface area (Å²) in [7, 11) is 0. The lowest BCUT2D eigenvalue weighted by Gasteiger charge is -2.21. The molecule has 0 radical (unpaired) electrons. The number of carbonyl (C=O) groups is 2. The second kappa shape index (κ2) is 4.49. The van der Waals surface area contributed by atoms with Crippen LogP contribution < -0.4 is 10.6 Å². The Bertz CT molecular complexity index is 665. The summed E-state index contributed by atoms with van der Waals surface area (Å²) in [5, 5.41) is 4.92. The maximum atomic E-state index is 11.9. The van der Waals surface area contributed by atoms with Gasteiger partial charge in [-0.2, -0.15) is 0 Å². The van der Waals surface area contributed by atoms with E-state index in [-0.39, 0.29) is 5.91 Å². The minimum atomic E-state index is -0.994. The average Bonchev–Trinajstić information content (AvgIpc) is 2.74. The molecule has 4 nitrogen and oxygen atoms in total. The zero-order valence-corrected chi connectivity index (χ0v) is 11.0. The molecular weight excluding hydrogens is 252 g/mol. The lowest BCUT2D eigenvalue weighted by molar-refractivity contribution is -0.123. The molecule has 2 N–H and O–H groups in total. The first-order chi connectivity index (χ1) is 9.59. The third-order valence-electron chi connectivity index (χ3n) is 3.61. The van der Waals surface area contributed by atoms with Gasteiger partial charge in [-0.05, 0) is 23.6 Å². The smallest absolute Gasteiger partial charge is 0.320 e. The fourth-order valence-corrected chi connectivity index (χ4v) is 2.37. The van der Waals surface area contributed by atoms with Crippen LogP contribution in [0.2, 0.25) is 0 Å². The minimum Gasteiger partial charge on any atom is -0.320 e. The van der Waals surface area contributed by atoms with Crippen molar-refractivity contribution in [2.75, 3.05) is 0 Å². The highest BCUT2D eigenvalue weighted by atomic mass is 16.2. The van der Waals surface area contributed by atoms with Crippen LogP contribution in [-0.2, 0) is 10.3 Å². The quantitative estimate of drug-likeness (QED) is 0.820.